The topological polar surface area (TPSA) is 44.4 Å². The molecule has 0 spiro atoms. The van der Waals surface area contributed by atoms with Crippen molar-refractivity contribution in [1.82, 2.24) is 10.2 Å². The van der Waals surface area contributed by atoms with E-state index in [1.807, 2.05) is 12.1 Å². The predicted molar refractivity (Wildman–Crippen MR) is 88.1 cm³/mol. The van der Waals surface area contributed by atoms with Gasteiger partial charge in [-0.05, 0) is 24.6 Å². The van der Waals surface area contributed by atoms with Crippen LogP contribution in [-0.2, 0) is 4.79 Å². The van der Waals surface area contributed by atoms with Crippen molar-refractivity contribution >= 4 is 36.4 Å². The van der Waals surface area contributed by atoms with Crippen LogP contribution in [0, 0.1) is 0 Å². The molecule has 0 saturated carbocycles. The maximum atomic E-state index is 11.0. The van der Waals surface area contributed by atoms with Crippen LogP contribution in [0.5, 0.6) is 0 Å². The Morgan fingerprint density at radius 2 is 1.75 bits per heavy atom. The van der Waals surface area contributed by atoms with E-state index in [-0.39, 0.29) is 30.7 Å². The average molecular weight is 320 g/mol. The molecule has 6 heteroatoms. The first kappa shape index (κ1) is 19.2. The van der Waals surface area contributed by atoms with E-state index in [1.54, 1.807) is 0 Å². The average Bonchev–Trinajstić information content (AvgIpc) is 2.39. The smallest absolute Gasteiger partial charge is 0.221 e. The summed E-state index contributed by atoms with van der Waals surface area (Å²) in [6.07, 6.45) is 0. The summed E-state index contributed by atoms with van der Waals surface area (Å²) in [5.74, 6) is -0.0297. The van der Waals surface area contributed by atoms with Gasteiger partial charge in [0.25, 0.3) is 0 Å². The lowest BCUT2D eigenvalue weighted by Crippen LogP contribution is -2.44. The first-order valence-corrected chi connectivity index (χ1v) is 6.49. The van der Waals surface area contributed by atoms with Crippen LogP contribution in [0.1, 0.15) is 25.5 Å². The van der Waals surface area contributed by atoms with E-state index >= 15 is 0 Å². The predicted octanol–water partition coefficient (Wildman–Crippen LogP) is 2.45. The van der Waals surface area contributed by atoms with Crippen molar-refractivity contribution in [3.05, 3.63) is 29.8 Å². The summed E-state index contributed by atoms with van der Waals surface area (Å²) in [6, 6.07) is 8.55. The van der Waals surface area contributed by atoms with Gasteiger partial charge in [0.15, 0.2) is 0 Å². The fourth-order valence-electron chi connectivity index (χ4n) is 2.33. The second kappa shape index (κ2) is 9.19. The molecule has 0 unspecified atom stereocenters. The van der Waals surface area contributed by atoms with Crippen LogP contribution < -0.4 is 10.6 Å². The summed E-state index contributed by atoms with van der Waals surface area (Å²) in [5, 5.41) is 6.15. The molecule has 1 saturated heterocycles. The largest absolute Gasteiger partial charge is 0.326 e. The minimum atomic E-state index is -0.0297. The number of piperazine rings is 1. The van der Waals surface area contributed by atoms with Gasteiger partial charge in [-0.2, -0.15) is 0 Å². The number of anilines is 1. The van der Waals surface area contributed by atoms with Crippen LogP contribution in [0.15, 0.2) is 24.3 Å². The standard InChI is InChI=1S/C14H21N3O.2ClH/c1-11(17-9-7-15-8-10-17)13-3-5-14(6-4-13)16-12(2)18;;/h3-6,11,15H,7-10H2,1-2H3,(H,16,18);2*1H/t11-;;/m1../s1. The molecule has 1 aliphatic heterocycles. The molecule has 1 amide bonds. The van der Waals surface area contributed by atoms with Crippen LogP contribution >= 0.6 is 24.8 Å². The molecule has 20 heavy (non-hydrogen) atoms. The van der Waals surface area contributed by atoms with Crippen molar-refractivity contribution < 1.29 is 4.79 Å². The Morgan fingerprint density at radius 3 is 2.25 bits per heavy atom. The highest BCUT2D eigenvalue weighted by atomic mass is 35.5. The number of carbonyl (C=O) groups excluding carboxylic acids is 1. The zero-order valence-electron chi connectivity index (χ0n) is 11.9. The third kappa shape index (κ3) is 5.29. The molecule has 1 aromatic rings. The Hall–Kier alpha value is -0.810. The van der Waals surface area contributed by atoms with E-state index in [0.717, 1.165) is 31.9 Å². The summed E-state index contributed by atoms with van der Waals surface area (Å²) in [5.41, 5.74) is 2.16. The van der Waals surface area contributed by atoms with Crippen LogP contribution in [-0.4, -0.2) is 37.0 Å². The molecule has 1 fully saturated rings. The second-order valence-electron chi connectivity index (χ2n) is 4.77. The molecule has 1 atom stereocenters. The monoisotopic (exact) mass is 319 g/mol. The Bertz CT molecular complexity index is 405. The summed E-state index contributed by atoms with van der Waals surface area (Å²) < 4.78 is 0. The lowest BCUT2D eigenvalue weighted by atomic mass is 10.1. The minimum absolute atomic E-state index is 0. The Labute approximate surface area is 133 Å². The molecule has 1 heterocycles. The zero-order chi connectivity index (χ0) is 13.0. The van der Waals surface area contributed by atoms with E-state index in [2.05, 4.69) is 34.6 Å². The Morgan fingerprint density at radius 1 is 1.20 bits per heavy atom. The fraction of sp³-hybridized carbons (Fsp3) is 0.500. The van der Waals surface area contributed by atoms with Gasteiger partial charge in [0.05, 0.1) is 0 Å². The summed E-state index contributed by atoms with van der Waals surface area (Å²) in [7, 11) is 0. The van der Waals surface area contributed by atoms with Crippen LogP contribution in [0.25, 0.3) is 0 Å². The van der Waals surface area contributed by atoms with Crippen molar-refractivity contribution in [3.63, 3.8) is 0 Å². The van der Waals surface area contributed by atoms with Crippen molar-refractivity contribution in [2.24, 2.45) is 0 Å². The normalized spacial score (nSPS) is 16.5. The number of halogens is 2. The number of hydrogen-bond donors (Lipinski definition) is 2. The molecular formula is C14H23Cl2N3O. The number of nitrogens with one attached hydrogen (secondary N) is 2. The lowest BCUT2D eigenvalue weighted by molar-refractivity contribution is -0.114. The molecule has 0 radical (unpaired) electrons. The maximum Gasteiger partial charge on any atom is 0.221 e. The van der Waals surface area contributed by atoms with Gasteiger partial charge in [0.1, 0.15) is 0 Å². The van der Waals surface area contributed by atoms with Crippen LogP contribution in [0.2, 0.25) is 0 Å². The molecule has 0 aliphatic carbocycles. The number of hydrogen-bond acceptors (Lipinski definition) is 3. The van der Waals surface area contributed by atoms with Crippen LogP contribution in [0.4, 0.5) is 5.69 Å². The van der Waals surface area contributed by atoms with Gasteiger partial charge in [-0.25, -0.2) is 0 Å². The third-order valence-corrected chi connectivity index (χ3v) is 3.41. The third-order valence-electron chi connectivity index (χ3n) is 3.41. The van der Waals surface area contributed by atoms with Gasteiger partial charge in [-0.15, -0.1) is 24.8 Å². The molecular weight excluding hydrogens is 297 g/mol. The quantitative estimate of drug-likeness (QED) is 0.899. The minimum Gasteiger partial charge on any atom is -0.326 e. The highest BCUT2D eigenvalue weighted by molar-refractivity contribution is 5.88. The number of nitrogens with zero attached hydrogens (tertiary/aromatic N) is 1. The Kier molecular flexibility index (Phi) is 8.81. The van der Waals surface area contributed by atoms with Crippen LogP contribution in [0.3, 0.4) is 0 Å². The number of carbonyl (C=O) groups is 1. The second-order valence-corrected chi connectivity index (χ2v) is 4.77. The SMILES string of the molecule is CC(=O)Nc1ccc([C@@H](C)N2CCNCC2)cc1.Cl.Cl. The van der Waals surface area contributed by atoms with Crippen molar-refractivity contribution in [2.45, 2.75) is 19.9 Å². The maximum absolute atomic E-state index is 11.0. The van der Waals surface area contributed by atoms with Gasteiger partial charge >= 0.3 is 0 Å². The molecule has 1 aliphatic rings. The Balaban J connectivity index is 0.00000180. The zero-order valence-corrected chi connectivity index (χ0v) is 13.5. The number of amides is 1. The molecule has 2 rings (SSSR count). The van der Waals surface area contributed by atoms with E-state index in [1.165, 1.54) is 12.5 Å². The lowest BCUT2D eigenvalue weighted by Gasteiger charge is -2.33. The van der Waals surface area contributed by atoms with E-state index in [9.17, 15) is 4.79 Å². The number of rotatable bonds is 3. The van der Waals surface area contributed by atoms with Crippen molar-refractivity contribution in [1.29, 1.82) is 0 Å². The summed E-state index contributed by atoms with van der Waals surface area (Å²) >= 11 is 0. The summed E-state index contributed by atoms with van der Waals surface area (Å²) in [6.45, 7) is 8.07. The molecule has 0 bridgehead atoms. The highest BCUT2D eigenvalue weighted by Crippen LogP contribution is 2.22. The van der Waals surface area contributed by atoms with E-state index in [0.29, 0.717) is 6.04 Å². The van der Waals surface area contributed by atoms with Crippen molar-refractivity contribution in [2.75, 3.05) is 31.5 Å². The van der Waals surface area contributed by atoms with E-state index < -0.39 is 0 Å². The van der Waals surface area contributed by atoms with Crippen molar-refractivity contribution in [3.8, 4) is 0 Å². The molecule has 114 valence electrons. The first-order valence-electron chi connectivity index (χ1n) is 6.49. The fourth-order valence-corrected chi connectivity index (χ4v) is 2.33. The first-order chi connectivity index (χ1) is 8.66. The summed E-state index contributed by atoms with van der Waals surface area (Å²) in [4.78, 5) is 13.4. The molecule has 0 aromatic heterocycles. The molecule has 4 nitrogen and oxygen atoms in total. The number of benzene rings is 1. The van der Waals surface area contributed by atoms with Gasteiger partial charge < -0.3 is 10.6 Å². The van der Waals surface area contributed by atoms with E-state index in [4.69, 9.17) is 0 Å². The molecule has 1 aromatic carbocycles. The molecule has 2 N–H and O–H groups in total. The van der Waals surface area contributed by atoms with Gasteiger partial charge in [-0.3, -0.25) is 9.69 Å². The van der Waals surface area contributed by atoms with Gasteiger partial charge in [0.2, 0.25) is 5.91 Å². The van der Waals surface area contributed by atoms with Gasteiger partial charge in [-0.1, -0.05) is 12.1 Å². The van der Waals surface area contributed by atoms with Gasteiger partial charge in [0, 0.05) is 44.8 Å². The highest BCUT2D eigenvalue weighted by Gasteiger charge is 2.17.